The molecule has 0 saturated heterocycles. The predicted molar refractivity (Wildman–Crippen MR) is 64.4 cm³/mol. The molecule has 0 heterocycles. The van der Waals surface area contributed by atoms with Crippen LogP contribution >= 0.6 is 11.6 Å². The third-order valence-corrected chi connectivity index (χ3v) is 3.40. The third kappa shape index (κ3) is 1.94. The van der Waals surface area contributed by atoms with E-state index in [4.69, 9.17) is 16.3 Å². The first-order valence-electron chi connectivity index (χ1n) is 5.52. The van der Waals surface area contributed by atoms with Crippen molar-refractivity contribution in [2.75, 3.05) is 7.11 Å². The van der Waals surface area contributed by atoms with Crippen molar-refractivity contribution in [3.05, 3.63) is 28.3 Å². The quantitative estimate of drug-likeness (QED) is 0.752. The monoisotopic (exact) mass is 238 g/mol. The van der Waals surface area contributed by atoms with Crippen molar-refractivity contribution in [1.29, 1.82) is 0 Å². The van der Waals surface area contributed by atoms with Crippen LogP contribution in [0.2, 0.25) is 5.02 Å². The van der Waals surface area contributed by atoms with E-state index in [-0.39, 0.29) is 11.7 Å². The maximum absolute atomic E-state index is 12.2. The first-order chi connectivity index (χ1) is 7.63. The summed E-state index contributed by atoms with van der Waals surface area (Å²) in [7, 11) is 1.59. The van der Waals surface area contributed by atoms with Crippen molar-refractivity contribution >= 4 is 17.4 Å². The molecule has 0 aliphatic heterocycles. The first kappa shape index (κ1) is 11.5. The van der Waals surface area contributed by atoms with E-state index in [1.165, 1.54) is 0 Å². The van der Waals surface area contributed by atoms with E-state index < -0.39 is 0 Å². The summed E-state index contributed by atoms with van der Waals surface area (Å²) in [6.07, 6.45) is 3.14. The molecule has 0 radical (unpaired) electrons. The minimum atomic E-state index is 0.173. The molecule has 1 saturated carbocycles. The standard InChI is InChI=1S/C13H15ClO2/c1-8-6-10(14)7-11(13(8)16-2)12(15)9-4-3-5-9/h6-7,9H,3-5H2,1-2H3. The molecule has 86 valence electrons. The molecule has 1 aromatic carbocycles. The zero-order chi connectivity index (χ0) is 11.7. The maximum atomic E-state index is 12.2. The van der Waals surface area contributed by atoms with E-state index in [2.05, 4.69) is 0 Å². The van der Waals surface area contributed by atoms with Gasteiger partial charge in [0.05, 0.1) is 12.7 Å². The molecule has 0 atom stereocenters. The predicted octanol–water partition coefficient (Wildman–Crippen LogP) is 3.64. The Labute approximate surface area is 101 Å². The Kier molecular flexibility index (Phi) is 3.20. The average Bonchev–Trinajstić information content (AvgIpc) is 2.13. The number of hydrogen-bond donors (Lipinski definition) is 0. The van der Waals surface area contributed by atoms with Crippen molar-refractivity contribution in [3.63, 3.8) is 0 Å². The molecule has 0 bridgehead atoms. The Morgan fingerprint density at radius 2 is 2.12 bits per heavy atom. The van der Waals surface area contributed by atoms with Crippen molar-refractivity contribution in [2.24, 2.45) is 5.92 Å². The van der Waals surface area contributed by atoms with Crippen LogP contribution in [0.1, 0.15) is 35.2 Å². The van der Waals surface area contributed by atoms with Crippen molar-refractivity contribution in [2.45, 2.75) is 26.2 Å². The first-order valence-corrected chi connectivity index (χ1v) is 5.89. The lowest BCUT2D eigenvalue weighted by atomic mass is 9.79. The number of benzene rings is 1. The fourth-order valence-electron chi connectivity index (χ4n) is 2.07. The summed E-state index contributed by atoms with van der Waals surface area (Å²) >= 11 is 5.98. The van der Waals surface area contributed by atoms with Crippen LogP contribution in [0.4, 0.5) is 0 Å². The fraction of sp³-hybridized carbons (Fsp3) is 0.462. The van der Waals surface area contributed by atoms with E-state index in [0.717, 1.165) is 24.8 Å². The van der Waals surface area contributed by atoms with Crippen LogP contribution in [0.5, 0.6) is 5.75 Å². The Hall–Kier alpha value is -1.02. The van der Waals surface area contributed by atoms with Gasteiger partial charge in [-0.05, 0) is 37.5 Å². The number of carbonyl (C=O) groups is 1. The van der Waals surface area contributed by atoms with Crippen molar-refractivity contribution in [1.82, 2.24) is 0 Å². The summed E-state index contributed by atoms with van der Waals surface area (Å²) in [4.78, 5) is 12.2. The molecular weight excluding hydrogens is 224 g/mol. The van der Waals surface area contributed by atoms with Gasteiger partial charge in [-0.2, -0.15) is 0 Å². The van der Waals surface area contributed by atoms with Crippen molar-refractivity contribution in [3.8, 4) is 5.75 Å². The van der Waals surface area contributed by atoms with Crippen LogP contribution in [0.25, 0.3) is 0 Å². The zero-order valence-electron chi connectivity index (χ0n) is 9.55. The van der Waals surface area contributed by atoms with Crippen LogP contribution < -0.4 is 4.74 Å². The van der Waals surface area contributed by atoms with Crippen LogP contribution in [0.15, 0.2) is 12.1 Å². The van der Waals surface area contributed by atoms with Gasteiger partial charge in [0.2, 0.25) is 0 Å². The highest BCUT2D eigenvalue weighted by atomic mass is 35.5. The van der Waals surface area contributed by atoms with Gasteiger partial charge in [0.15, 0.2) is 5.78 Å². The summed E-state index contributed by atoms with van der Waals surface area (Å²) in [6.45, 7) is 1.91. The summed E-state index contributed by atoms with van der Waals surface area (Å²) in [5.41, 5.74) is 1.55. The summed E-state index contributed by atoms with van der Waals surface area (Å²) in [5, 5.41) is 0.598. The number of hydrogen-bond acceptors (Lipinski definition) is 2. The molecule has 1 aromatic rings. The van der Waals surface area contributed by atoms with Crippen LogP contribution in [0, 0.1) is 12.8 Å². The molecule has 0 aromatic heterocycles. The number of Topliss-reactive ketones (excluding diaryl/α,β-unsaturated/α-hetero) is 1. The second-order valence-corrected chi connectivity index (χ2v) is 4.73. The Balaban J connectivity index is 2.41. The van der Waals surface area contributed by atoms with Gasteiger partial charge in [0, 0.05) is 10.9 Å². The van der Waals surface area contributed by atoms with E-state index in [1.54, 1.807) is 13.2 Å². The molecule has 2 rings (SSSR count). The Bertz CT molecular complexity index is 422. The van der Waals surface area contributed by atoms with Gasteiger partial charge < -0.3 is 4.74 Å². The average molecular weight is 239 g/mol. The van der Waals surface area contributed by atoms with Crippen LogP contribution in [-0.4, -0.2) is 12.9 Å². The molecule has 1 aliphatic carbocycles. The SMILES string of the molecule is COc1c(C)cc(Cl)cc1C(=O)C1CCC1. The number of methoxy groups -OCH3 is 1. The molecule has 16 heavy (non-hydrogen) atoms. The highest BCUT2D eigenvalue weighted by molar-refractivity contribution is 6.31. The Morgan fingerprint density at radius 3 is 2.62 bits per heavy atom. The van der Waals surface area contributed by atoms with Crippen molar-refractivity contribution < 1.29 is 9.53 Å². The minimum absolute atomic E-state index is 0.173. The van der Waals surface area contributed by atoms with E-state index in [9.17, 15) is 4.79 Å². The smallest absolute Gasteiger partial charge is 0.169 e. The minimum Gasteiger partial charge on any atom is -0.496 e. The maximum Gasteiger partial charge on any atom is 0.169 e. The molecule has 2 nitrogen and oxygen atoms in total. The summed E-state index contributed by atoms with van der Waals surface area (Å²) in [6, 6.07) is 3.53. The van der Waals surface area contributed by atoms with E-state index >= 15 is 0 Å². The summed E-state index contributed by atoms with van der Waals surface area (Å²) < 4.78 is 5.29. The molecule has 0 unspecified atom stereocenters. The van der Waals surface area contributed by atoms with Gasteiger partial charge in [-0.3, -0.25) is 4.79 Å². The number of carbonyl (C=O) groups excluding carboxylic acids is 1. The topological polar surface area (TPSA) is 26.3 Å². The van der Waals surface area contributed by atoms with E-state index in [1.807, 2.05) is 13.0 Å². The van der Waals surface area contributed by atoms with Crippen LogP contribution in [0.3, 0.4) is 0 Å². The second kappa shape index (κ2) is 4.46. The molecular formula is C13H15ClO2. The number of aryl methyl sites for hydroxylation is 1. The van der Waals surface area contributed by atoms with Gasteiger partial charge >= 0.3 is 0 Å². The molecule has 1 fully saturated rings. The van der Waals surface area contributed by atoms with Gasteiger partial charge in [-0.15, -0.1) is 0 Å². The highest BCUT2D eigenvalue weighted by Crippen LogP contribution is 2.35. The van der Waals surface area contributed by atoms with E-state index in [0.29, 0.717) is 16.3 Å². The number of halogens is 1. The molecule has 1 aliphatic rings. The number of ether oxygens (including phenoxy) is 1. The molecule has 0 N–H and O–H groups in total. The van der Waals surface area contributed by atoms with Gasteiger partial charge in [-0.1, -0.05) is 18.0 Å². The lowest BCUT2D eigenvalue weighted by Crippen LogP contribution is -2.22. The molecule has 3 heteroatoms. The largest absolute Gasteiger partial charge is 0.496 e. The lowest BCUT2D eigenvalue weighted by Gasteiger charge is -2.25. The Morgan fingerprint density at radius 1 is 1.44 bits per heavy atom. The third-order valence-electron chi connectivity index (χ3n) is 3.18. The van der Waals surface area contributed by atoms with Gasteiger partial charge in [-0.25, -0.2) is 0 Å². The molecule has 0 spiro atoms. The lowest BCUT2D eigenvalue weighted by molar-refractivity contribution is 0.0852. The highest BCUT2D eigenvalue weighted by Gasteiger charge is 2.28. The van der Waals surface area contributed by atoms with Crippen LogP contribution in [-0.2, 0) is 0 Å². The fourth-order valence-corrected chi connectivity index (χ4v) is 2.35. The van der Waals surface area contributed by atoms with Gasteiger partial charge in [0.25, 0.3) is 0 Å². The number of rotatable bonds is 3. The van der Waals surface area contributed by atoms with Gasteiger partial charge in [0.1, 0.15) is 5.75 Å². The zero-order valence-corrected chi connectivity index (χ0v) is 10.3. The normalized spacial score (nSPS) is 15.7. The second-order valence-electron chi connectivity index (χ2n) is 4.30. The number of ketones is 1. The summed E-state index contributed by atoms with van der Waals surface area (Å²) in [5.74, 6) is 1.02. The molecule has 0 amide bonds.